The number of rotatable bonds is 1. The Labute approximate surface area is 73.6 Å². The molecule has 0 aromatic rings. The van der Waals surface area contributed by atoms with Crippen LogP contribution in [0.15, 0.2) is 0 Å². The molecule has 0 N–H and O–H groups in total. The molecular weight excluding hydrogens is 180 g/mol. The van der Waals surface area contributed by atoms with Gasteiger partial charge in [0, 0.05) is 16.6 Å². The van der Waals surface area contributed by atoms with Gasteiger partial charge in [-0.3, -0.25) is 9.00 Å². The summed E-state index contributed by atoms with van der Waals surface area (Å²) < 4.78 is 10.8. The van der Waals surface area contributed by atoms with Crippen LogP contribution in [0.3, 0.4) is 0 Å². The quantitative estimate of drug-likeness (QED) is 0.625. The van der Waals surface area contributed by atoms with E-state index in [0.717, 1.165) is 12.2 Å². The first kappa shape index (κ1) is 9.26. The lowest BCUT2D eigenvalue weighted by atomic mass is 10.3. The number of ketones is 1. The van der Waals surface area contributed by atoms with E-state index in [2.05, 4.69) is 0 Å². The lowest BCUT2D eigenvalue weighted by Gasteiger charge is -2.29. The fourth-order valence-corrected chi connectivity index (χ4v) is 4.19. The third kappa shape index (κ3) is 1.67. The summed E-state index contributed by atoms with van der Waals surface area (Å²) in [6.45, 7) is 3.31. The van der Waals surface area contributed by atoms with Gasteiger partial charge in [0.1, 0.15) is 4.08 Å². The van der Waals surface area contributed by atoms with Crippen LogP contribution in [-0.4, -0.2) is 25.6 Å². The summed E-state index contributed by atoms with van der Waals surface area (Å²) in [5.74, 6) is 1.69. The van der Waals surface area contributed by atoms with E-state index in [1.165, 1.54) is 18.7 Å². The zero-order valence-electron chi connectivity index (χ0n) is 6.75. The van der Waals surface area contributed by atoms with E-state index in [-0.39, 0.29) is 5.78 Å². The van der Waals surface area contributed by atoms with E-state index >= 15 is 0 Å². The third-order valence-corrected chi connectivity index (χ3v) is 5.98. The van der Waals surface area contributed by atoms with Gasteiger partial charge in [-0.25, -0.2) is 0 Å². The highest BCUT2D eigenvalue weighted by atomic mass is 32.2. The predicted octanol–water partition coefficient (Wildman–Crippen LogP) is 1.18. The predicted molar refractivity (Wildman–Crippen MR) is 49.2 cm³/mol. The molecule has 1 fully saturated rings. The van der Waals surface area contributed by atoms with Gasteiger partial charge in [0.25, 0.3) is 0 Å². The average molecular weight is 192 g/mol. The number of hydrogen-bond donors (Lipinski definition) is 0. The van der Waals surface area contributed by atoms with Gasteiger partial charge in [0.05, 0.1) is 0 Å². The maximum Gasteiger partial charge on any atom is 0.158 e. The number of carbonyl (C=O) groups is 1. The maximum atomic E-state index is 11.4. The molecule has 2 nitrogen and oxygen atoms in total. The Balaban J connectivity index is 2.81. The smallest absolute Gasteiger partial charge is 0.158 e. The third-order valence-electron chi connectivity index (χ3n) is 1.93. The molecule has 4 heteroatoms. The van der Waals surface area contributed by atoms with Crippen molar-refractivity contribution in [3.8, 4) is 0 Å². The fourth-order valence-electron chi connectivity index (χ4n) is 0.979. The Morgan fingerprint density at radius 3 is 2.64 bits per heavy atom. The zero-order chi connectivity index (χ0) is 8.48. The van der Waals surface area contributed by atoms with Gasteiger partial charge in [0.15, 0.2) is 5.78 Å². The van der Waals surface area contributed by atoms with E-state index in [1.54, 1.807) is 6.92 Å². The Kier molecular flexibility index (Phi) is 2.75. The summed E-state index contributed by atoms with van der Waals surface area (Å²) in [5, 5.41) is 0. The van der Waals surface area contributed by atoms with Crippen LogP contribution >= 0.6 is 11.8 Å². The lowest BCUT2D eigenvalue weighted by Crippen LogP contribution is -2.39. The van der Waals surface area contributed by atoms with Crippen molar-refractivity contribution >= 4 is 28.3 Å². The monoisotopic (exact) mass is 192 g/mol. The van der Waals surface area contributed by atoms with Gasteiger partial charge in [-0.1, -0.05) is 0 Å². The molecule has 0 aromatic carbocycles. The highest BCUT2D eigenvalue weighted by Crippen LogP contribution is 2.34. The number of hydrogen-bond acceptors (Lipinski definition) is 3. The van der Waals surface area contributed by atoms with Crippen molar-refractivity contribution in [3.63, 3.8) is 0 Å². The van der Waals surface area contributed by atoms with Crippen molar-refractivity contribution in [2.75, 3.05) is 11.5 Å². The summed E-state index contributed by atoms with van der Waals surface area (Å²) in [7, 11) is -0.960. The first-order chi connectivity index (χ1) is 5.07. The minimum atomic E-state index is -0.960. The number of thioether (sulfide) groups is 1. The van der Waals surface area contributed by atoms with Crippen LogP contribution in [0.5, 0.6) is 0 Å². The molecule has 1 aliphatic rings. The van der Waals surface area contributed by atoms with Gasteiger partial charge in [-0.15, -0.1) is 11.8 Å². The second-order valence-electron chi connectivity index (χ2n) is 2.75. The maximum absolute atomic E-state index is 11.4. The molecule has 64 valence electrons. The summed E-state index contributed by atoms with van der Waals surface area (Å²) in [5.41, 5.74) is 0. The van der Waals surface area contributed by atoms with E-state index < -0.39 is 14.9 Å². The van der Waals surface area contributed by atoms with Crippen molar-refractivity contribution in [2.45, 2.75) is 24.3 Å². The van der Waals surface area contributed by atoms with Crippen LogP contribution in [0.4, 0.5) is 0 Å². The van der Waals surface area contributed by atoms with Crippen LogP contribution < -0.4 is 0 Å². The Morgan fingerprint density at radius 1 is 1.64 bits per heavy atom. The highest BCUT2D eigenvalue weighted by Gasteiger charge is 2.39. The van der Waals surface area contributed by atoms with Crippen molar-refractivity contribution in [1.29, 1.82) is 0 Å². The highest BCUT2D eigenvalue weighted by molar-refractivity contribution is 8.14. The summed E-state index contributed by atoms with van der Waals surface area (Å²) >= 11 is 1.53. The minimum absolute atomic E-state index is 0.0422. The second kappa shape index (κ2) is 3.27. The fraction of sp³-hybridized carbons (Fsp3) is 0.857. The van der Waals surface area contributed by atoms with Crippen molar-refractivity contribution in [1.82, 2.24) is 0 Å². The van der Waals surface area contributed by atoms with E-state index in [1.807, 2.05) is 0 Å². The van der Waals surface area contributed by atoms with Crippen LogP contribution in [0, 0.1) is 0 Å². The van der Waals surface area contributed by atoms with Gasteiger partial charge in [-0.2, -0.15) is 0 Å². The summed E-state index contributed by atoms with van der Waals surface area (Å²) in [6.07, 6.45) is 0.972. The SMILES string of the molecule is CC(=O)[C@]1(C)SCCCS1=O. The number of carbonyl (C=O) groups excluding carboxylic acids is 1. The average Bonchev–Trinajstić information content (AvgIpc) is 1.95. The van der Waals surface area contributed by atoms with Crippen molar-refractivity contribution < 1.29 is 9.00 Å². The molecule has 1 saturated heterocycles. The van der Waals surface area contributed by atoms with Gasteiger partial charge in [0.2, 0.25) is 0 Å². The lowest BCUT2D eigenvalue weighted by molar-refractivity contribution is -0.117. The molecule has 0 bridgehead atoms. The van der Waals surface area contributed by atoms with Crippen LogP contribution in [0.1, 0.15) is 20.3 Å². The zero-order valence-corrected chi connectivity index (χ0v) is 8.39. The van der Waals surface area contributed by atoms with E-state index in [9.17, 15) is 9.00 Å². The first-order valence-electron chi connectivity index (χ1n) is 3.61. The molecule has 2 atom stereocenters. The molecular formula is C7H12O2S2. The van der Waals surface area contributed by atoms with Gasteiger partial charge < -0.3 is 0 Å². The van der Waals surface area contributed by atoms with Crippen LogP contribution in [0.2, 0.25) is 0 Å². The van der Waals surface area contributed by atoms with Gasteiger partial charge in [-0.05, 0) is 26.0 Å². The molecule has 1 aliphatic heterocycles. The molecule has 1 heterocycles. The number of Topliss-reactive ketones (excluding diaryl/α,β-unsaturated/α-hetero) is 1. The largest absolute Gasteiger partial charge is 0.297 e. The topological polar surface area (TPSA) is 34.1 Å². The van der Waals surface area contributed by atoms with Crippen molar-refractivity contribution in [3.05, 3.63) is 0 Å². The molecule has 0 aliphatic carbocycles. The van der Waals surface area contributed by atoms with Crippen LogP contribution in [0.25, 0.3) is 0 Å². The molecule has 0 amide bonds. The Hall–Kier alpha value is 0.170. The minimum Gasteiger partial charge on any atom is -0.297 e. The second-order valence-corrected chi connectivity index (χ2v) is 6.44. The molecule has 11 heavy (non-hydrogen) atoms. The van der Waals surface area contributed by atoms with Crippen LogP contribution in [-0.2, 0) is 15.6 Å². The van der Waals surface area contributed by atoms with Gasteiger partial charge >= 0.3 is 0 Å². The molecule has 0 spiro atoms. The molecule has 0 radical (unpaired) electrons. The molecule has 1 unspecified atom stereocenters. The first-order valence-corrected chi connectivity index (χ1v) is 5.91. The Morgan fingerprint density at radius 2 is 2.27 bits per heavy atom. The molecule has 1 rings (SSSR count). The van der Waals surface area contributed by atoms with E-state index in [0.29, 0.717) is 5.75 Å². The normalized spacial score (nSPS) is 38.5. The molecule has 0 aromatic heterocycles. The Bertz CT molecular complexity index is 203. The van der Waals surface area contributed by atoms with Crippen molar-refractivity contribution in [2.24, 2.45) is 0 Å². The standard InChI is InChI=1S/C7H12O2S2/c1-6(8)7(2)10-4-3-5-11(7)9/h3-5H2,1-2H3/t7-,11?/m1/s1. The van der Waals surface area contributed by atoms with E-state index in [4.69, 9.17) is 0 Å². The summed E-state index contributed by atoms with van der Waals surface area (Å²) in [6, 6.07) is 0. The molecule has 0 saturated carbocycles. The summed E-state index contributed by atoms with van der Waals surface area (Å²) in [4.78, 5) is 11.1.